The van der Waals surface area contributed by atoms with Crippen molar-refractivity contribution in [2.75, 3.05) is 6.61 Å². The van der Waals surface area contributed by atoms with E-state index in [0.29, 0.717) is 31.0 Å². The molecule has 5 heteroatoms. The van der Waals surface area contributed by atoms with Gasteiger partial charge >= 0.3 is 0 Å². The van der Waals surface area contributed by atoms with Gasteiger partial charge in [0.1, 0.15) is 5.75 Å². The fourth-order valence-electron chi connectivity index (χ4n) is 1.92. The molecular weight excluding hydrogens is 366 g/mol. The van der Waals surface area contributed by atoms with E-state index < -0.39 is 0 Å². The van der Waals surface area contributed by atoms with Crippen LogP contribution in [0.3, 0.4) is 0 Å². The summed E-state index contributed by atoms with van der Waals surface area (Å²) < 4.78 is 6.56. The highest BCUT2D eigenvalue weighted by Gasteiger charge is 2.02. The van der Waals surface area contributed by atoms with Gasteiger partial charge in [-0.1, -0.05) is 45.7 Å². The molecule has 1 amide bonds. The van der Waals surface area contributed by atoms with Gasteiger partial charge in [-0.25, -0.2) is 0 Å². The zero-order valence-corrected chi connectivity index (χ0v) is 14.4. The molecule has 0 heterocycles. The Balaban J connectivity index is 1.63. The zero-order chi connectivity index (χ0) is 15.8. The van der Waals surface area contributed by atoms with Crippen LogP contribution in [0, 0.1) is 0 Å². The minimum Gasteiger partial charge on any atom is -0.494 e. The van der Waals surface area contributed by atoms with Crippen LogP contribution in [0.15, 0.2) is 53.0 Å². The van der Waals surface area contributed by atoms with Crippen molar-refractivity contribution in [3.63, 3.8) is 0 Å². The van der Waals surface area contributed by atoms with Crippen LogP contribution >= 0.6 is 27.5 Å². The Morgan fingerprint density at radius 1 is 1.18 bits per heavy atom. The standard InChI is InChI=1S/C17H17BrClNO2/c18-14-5-2-7-16(11-14)22-9-3-8-17(21)20-12-13-4-1-6-15(19)10-13/h1-2,4-7,10-11H,3,8-9,12H2,(H,20,21). The Morgan fingerprint density at radius 2 is 2.00 bits per heavy atom. The molecule has 0 spiro atoms. The molecule has 0 radical (unpaired) electrons. The third kappa shape index (κ3) is 6.08. The molecule has 116 valence electrons. The topological polar surface area (TPSA) is 38.3 Å². The van der Waals surface area contributed by atoms with Crippen LogP contribution < -0.4 is 10.1 Å². The van der Waals surface area contributed by atoms with Gasteiger partial charge in [0.05, 0.1) is 6.61 Å². The Kier molecular flexibility index (Phi) is 6.74. The van der Waals surface area contributed by atoms with Crippen molar-refractivity contribution in [2.24, 2.45) is 0 Å². The summed E-state index contributed by atoms with van der Waals surface area (Å²) >= 11 is 9.29. The summed E-state index contributed by atoms with van der Waals surface area (Å²) in [6, 6.07) is 15.1. The smallest absolute Gasteiger partial charge is 0.220 e. The summed E-state index contributed by atoms with van der Waals surface area (Å²) in [7, 11) is 0. The van der Waals surface area contributed by atoms with Crippen LogP contribution in [0.2, 0.25) is 5.02 Å². The average molecular weight is 383 g/mol. The van der Waals surface area contributed by atoms with Crippen molar-refractivity contribution in [3.05, 3.63) is 63.6 Å². The molecule has 0 saturated heterocycles. The summed E-state index contributed by atoms with van der Waals surface area (Å²) in [6.45, 7) is 1.01. The fraction of sp³-hybridized carbons (Fsp3) is 0.235. The lowest BCUT2D eigenvalue weighted by atomic mass is 10.2. The Labute approximate surface area is 143 Å². The van der Waals surface area contributed by atoms with E-state index >= 15 is 0 Å². The quantitative estimate of drug-likeness (QED) is 0.712. The average Bonchev–Trinajstić information content (AvgIpc) is 2.50. The number of benzene rings is 2. The highest BCUT2D eigenvalue weighted by molar-refractivity contribution is 9.10. The summed E-state index contributed by atoms with van der Waals surface area (Å²) in [5.41, 5.74) is 0.992. The Bertz CT molecular complexity index is 634. The van der Waals surface area contributed by atoms with E-state index in [1.165, 1.54) is 0 Å². The van der Waals surface area contributed by atoms with Crippen molar-refractivity contribution < 1.29 is 9.53 Å². The maximum atomic E-state index is 11.8. The first-order chi connectivity index (χ1) is 10.6. The lowest BCUT2D eigenvalue weighted by molar-refractivity contribution is -0.121. The van der Waals surface area contributed by atoms with E-state index in [9.17, 15) is 4.79 Å². The molecule has 0 aliphatic heterocycles. The molecule has 3 nitrogen and oxygen atoms in total. The molecule has 0 atom stereocenters. The van der Waals surface area contributed by atoms with Crippen LogP contribution in [0.4, 0.5) is 0 Å². The van der Waals surface area contributed by atoms with Crippen LogP contribution in [0.1, 0.15) is 18.4 Å². The van der Waals surface area contributed by atoms with E-state index in [-0.39, 0.29) is 5.91 Å². The molecule has 0 aromatic heterocycles. The minimum absolute atomic E-state index is 0.0119. The van der Waals surface area contributed by atoms with Gasteiger partial charge in [-0.05, 0) is 42.3 Å². The summed E-state index contributed by atoms with van der Waals surface area (Å²) in [5, 5.41) is 3.55. The molecule has 0 aliphatic rings. The molecule has 2 aromatic carbocycles. The number of amides is 1. The first-order valence-corrected chi connectivity index (χ1v) is 8.20. The molecule has 0 fully saturated rings. The lowest BCUT2D eigenvalue weighted by Crippen LogP contribution is -2.22. The van der Waals surface area contributed by atoms with E-state index in [1.54, 1.807) is 0 Å². The highest BCUT2D eigenvalue weighted by atomic mass is 79.9. The van der Waals surface area contributed by atoms with Gasteiger partial charge in [0.15, 0.2) is 0 Å². The molecule has 2 aromatic rings. The predicted octanol–water partition coefficient (Wildman–Crippen LogP) is 4.58. The second-order valence-electron chi connectivity index (χ2n) is 4.82. The number of ether oxygens (including phenoxy) is 1. The van der Waals surface area contributed by atoms with E-state index in [0.717, 1.165) is 15.8 Å². The third-order valence-electron chi connectivity index (χ3n) is 2.99. The first-order valence-electron chi connectivity index (χ1n) is 7.03. The van der Waals surface area contributed by atoms with Crippen molar-refractivity contribution in [3.8, 4) is 5.75 Å². The molecule has 1 N–H and O–H groups in total. The van der Waals surface area contributed by atoms with Crippen LogP contribution in [0.25, 0.3) is 0 Å². The molecule has 0 saturated carbocycles. The van der Waals surface area contributed by atoms with Gasteiger partial charge in [0.25, 0.3) is 0 Å². The van der Waals surface area contributed by atoms with E-state index in [1.807, 2.05) is 48.5 Å². The minimum atomic E-state index is 0.0119. The summed E-state index contributed by atoms with van der Waals surface area (Å²) in [6.07, 6.45) is 1.11. The molecule has 0 bridgehead atoms. The third-order valence-corrected chi connectivity index (χ3v) is 3.72. The second-order valence-corrected chi connectivity index (χ2v) is 6.17. The lowest BCUT2D eigenvalue weighted by Gasteiger charge is -2.07. The van der Waals surface area contributed by atoms with E-state index in [2.05, 4.69) is 21.2 Å². The van der Waals surface area contributed by atoms with Gasteiger partial charge in [-0.15, -0.1) is 0 Å². The van der Waals surface area contributed by atoms with Crippen molar-refractivity contribution in [1.29, 1.82) is 0 Å². The summed E-state index contributed by atoms with van der Waals surface area (Å²) in [4.78, 5) is 11.8. The number of hydrogen-bond donors (Lipinski definition) is 1. The number of halogens is 2. The first kappa shape index (κ1) is 16.8. The van der Waals surface area contributed by atoms with Crippen LogP contribution in [-0.2, 0) is 11.3 Å². The Morgan fingerprint density at radius 3 is 2.77 bits per heavy atom. The molecular formula is C17H17BrClNO2. The van der Waals surface area contributed by atoms with Gasteiger partial charge in [-0.3, -0.25) is 4.79 Å². The van der Waals surface area contributed by atoms with Crippen molar-refractivity contribution in [2.45, 2.75) is 19.4 Å². The summed E-state index contributed by atoms with van der Waals surface area (Å²) in [5.74, 6) is 0.812. The maximum Gasteiger partial charge on any atom is 0.220 e. The van der Waals surface area contributed by atoms with Crippen LogP contribution in [0.5, 0.6) is 5.75 Å². The number of rotatable bonds is 7. The largest absolute Gasteiger partial charge is 0.494 e. The van der Waals surface area contributed by atoms with Gasteiger partial charge in [-0.2, -0.15) is 0 Å². The van der Waals surface area contributed by atoms with Gasteiger partial charge < -0.3 is 10.1 Å². The number of carbonyl (C=O) groups is 1. The van der Waals surface area contributed by atoms with Crippen molar-refractivity contribution >= 4 is 33.4 Å². The Hall–Kier alpha value is -1.52. The number of hydrogen-bond acceptors (Lipinski definition) is 2. The molecule has 0 unspecified atom stereocenters. The highest BCUT2D eigenvalue weighted by Crippen LogP contribution is 2.17. The number of nitrogens with one attached hydrogen (secondary N) is 1. The van der Waals surface area contributed by atoms with Crippen LogP contribution in [-0.4, -0.2) is 12.5 Å². The SMILES string of the molecule is O=C(CCCOc1cccc(Br)c1)NCc1cccc(Cl)c1. The monoisotopic (exact) mass is 381 g/mol. The number of carbonyl (C=O) groups excluding carboxylic acids is 1. The predicted molar refractivity (Wildman–Crippen MR) is 92.2 cm³/mol. The normalized spacial score (nSPS) is 10.3. The maximum absolute atomic E-state index is 11.8. The molecule has 2 rings (SSSR count). The van der Waals surface area contributed by atoms with E-state index in [4.69, 9.17) is 16.3 Å². The second kappa shape index (κ2) is 8.81. The molecule has 0 aliphatic carbocycles. The fourth-order valence-corrected chi connectivity index (χ4v) is 2.51. The van der Waals surface area contributed by atoms with Gasteiger partial charge in [0, 0.05) is 22.5 Å². The van der Waals surface area contributed by atoms with Crippen molar-refractivity contribution in [1.82, 2.24) is 5.32 Å². The zero-order valence-electron chi connectivity index (χ0n) is 12.0. The van der Waals surface area contributed by atoms with Gasteiger partial charge in [0.2, 0.25) is 5.91 Å². The molecule has 22 heavy (non-hydrogen) atoms.